The molecular formula is C16H18N6. The van der Waals surface area contributed by atoms with Gasteiger partial charge in [-0.1, -0.05) is 30.3 Å². The Bertz CT molecular complexity index is 774. The van der Waals surface area contributed by atoms with E-state index in [1.54, 1.807) is 6.33 Å². The van der Waals surface area contributed by atoms with Crippen LogP contribution < -0.4 is 4.90 Å². The Morgan fingerprint density at radius 3 is 2.55 bits per heavy atom. The van der Waals surface area contributed by atoms with E-state index in [1.165, 1.54) is 0 Å². The number of hydrogen-bond acceptors (Lipinski definition) is 5. The Kier molecular flexibility index (Phi) is 3.23. The molecular weight excluding hydrogens is 276 g/mol. The van der Waals surface area contributed by atoms with Crippen LogP contribution in [0.2, 0.25) is 0 Å². The second-order valence-electron chi connectivity index (χ2n) is 5.63. The van der Waals surface area contributed by atoms with Crippen molar-refractivity contribution in [2.75, 3.05) is 38.1 Å². The molecule has 2 aromatic heterocycles. The average molecular weight is 294 g/mol. The van der Waals surface area contributed by atoms with Gasteiger partial charge in [-0.3, -0.25) is 0 Å². The second-order valence-corrected chi connectivity index (χ2v) is 5.63. The molecule has 1 saturated heterocycles. The molecule has 6 heteroatoms. The van der Waals surface area contributed by atoms with E-state index in [9.17, 15) is 0 Å². The molecule has 0 aliphatic carbocycles. The fourth-order valence-corrected chi connectivity index (χ4v) is 2.81. The minimum atomic E-state index is 0.648. The van der Waals surface area contributed by atoms with Crippen molar-refractivity contribution in [3.8, 4) is 11.3 Å². The number of benzene rings is 1. The largest absolute Gasteiger partial charge is 0.354 e. The predicted molar refractivity (Wildman–Crippen MR) is 85.9 cm³/mol. The number of aromatic nitrogens is 4. The van der Waals surface area contributed by atoms with Crippen molar-refractivity contribution in [3.05, 3.63) is 42.7 Å². The number of piperazine rings is 1. The van der Waals surface area contributed by atoms with Gasteiger partial charge in [0.25, 0.3) is 5.78 Å². The van der Waals surface area contributed by atoms with Crippen molar-refractivity contribution in [2.45, 2.75) is 0 Å². The first-order valence-electron chi connectivity index (χ1n) is 7.51. The van der Waals surface area contributed by atoms with Crippen LogP contribution >= 0.6 is 0 Å². The summed E-state index contributed by atoms with van der Waals surface area (Å²) in [6.45, 7) is 4.09. The zero-order chi connectivity index (χ0) is 14.9. The van der Waals surface area contributed by atoms with Crippen molar-refractivity contribution < 1.29 is 0 Å². The van der Waals surface area contributed by atoms with Crippen LogP contribution in [0.4, 0.5) is 5.82 Å². The van der Waals surface area contributed by atoms with E-state index in [0.29, 0.717) is 5.78 Å². The van der Waals surface area contributed by atoms with Gasteiger partial charge >= 0.3 is 0 Å². The summed E-state index contributed by atoms with van der Waals surface area (Å²) in [5, 5.41) is 4.34. The summed E-state index contributed by atoms with van der Waals surface area (Å²) in [6, 6.07) is 12.3. The monoisotopic (exact) mass is 294 g/mol. The maximum absolute atomic E-state index is 4.63. The highest BCUT2D eigenvalue weighted by Gasteiger charge is 2.19. The van der Waals surface area contributed by atoms with E-state index in [-0.39, 0.29) is 0 Å². The van der Waals surface area contributed by atoms with Gasteiger partial charge in [0, 0.05) is 37.8 Å². The van der Waals surface area contributed by atoms with E-state index in [0.717, 1.165) is 43.3 Å². The third-order valence-corrected chi connectivity index (χ3v) is 4.13. The summed E-state index contributed by atoms with van der Waals surface area (Å²) in [4.78, 5) is 13.6. The minimum Gasteiger partial charge on any atom is -0.354 e. The zero-order valence-electron chi connectivity index (χ0n) is 12.6. The molecule has 4 rings (SSSR count). The van der Waals surface area contributed by atoms with Gasteiger partial charge in [0.05, 0.1) is 5.69 Å². The van der Waals surface area contributed by atoms with Gasteiger partial charge in [-0.05, 0) is 7.05 Å². The third kappa shape index (κ3) is 2.31. The molecule has 0 saturated carbocycles. The zero-order valence-corrected chi connectivity index (χ0v) is 12.6. The van der Waals surface area contributed by atoms with Crippen LogP contribution in [0.3, 0.4) is 0 Å². The molecule has 3 heterocycles. The Balaban J connectivity index is 1.81. The molecule has 6 nitrogen and oxygen atoms in total. The van der Waals surface area contributed by atoms with E-state index in [1.807, 2.05) is 22.7 Å². The number of fused-ring (bicyclic) bond motifs is 1. The predicted octanol–water partition coefficient (Wildman–Crippen LogP) is 1.54. The quantitative estimate of drug-likeness (QED) is 0.717. The molecule has 1 aliphatic rings. The fraction of sp³-hybridized carbons (Fsp3) is 0.312. The lowest BCUT2D eigenvalue weighted by Gasteiger charge is -2.33. The molecule has 0 amide bonds. The van der Waals surface area contributed by atoms with Gasteiger partial charge in [0.2, 0.25) is 0 Å². The molecule has 0 unspecified atom stereocenters. The van der Waals surface area contributed by atoms with Crippen LogP contribution in [-0.4, -0.2) is 57.7 Å². The van der Waals surface area contributed by atoms with Crippen LogP contribution in [0.25, 0.3) is 17.0 Å². The van der Waals surface area contributed by atoms with E-state index in [4.69, 9.17) is 0 Å². The van der Waals surface area contributed by atoms with E-state index < -0.39 is 0 Å². The summed E-state index contributed by atoms with van der Waals surface area (Å²) < 4.78 is 1.83. The van der Waals surface area contributed by atoms with Gasteiger partial charge < -0.3 is 9.80 Å². The molecule has 0 N–H and O–H groups in total. The molecule has 3 aromatic rings. The lowest BCUT2D eigenvalue weighted by atomic mass is 10.1. The second kappa shape index (κ2) is 5.38. The number of anilines is 1. The van der Waals surface area contributed by atoms with Crippen molar-refractivity contribution in [1.29, 1.82) is 0 Å². The molecule has 0 radical (unpaired) electrons. The van der Waals surface area contributed by atoms with Crippen LogP contribution in [0.1, 0.15) is 0 Å². The summed E-state index contributed by atoms with van der Waals surface area (Å²) in [5.74, 6) is 1.71. The Labute approximate surface area is 129 Å². The van der Waals surface area contributed by atoms with Gasteiger partial charge in [0.15, 0.2) is 0 Å². The van der Waals surface area contributed by atoms with Crippen molar-refractivity contribution in [3.63, 3.8) is 0 Å². The normalized spacial score (nSPS) is 16.3. The molecule has 22 heavy (non-hydrogen) atoms. The first kappa shape index (κ1) is 13.2. The lowest BCUT2D eigenvalue weighted by molar-refractivity contribution is 0.311. The van der Waals surface area contributed by atoms with Crippen molar-refractivity contribution in [1.82, 2.24) is 24.5 Å². The number of rotatable bonds is 2. The Morgan fingerprint density at radius 1 is 1.00 bits per heavy atom. The van der Waals surface area contributed by atoms with Crippen molar-refractivity contribution >= 4 is 11.6 Å². The highest BCUT2D eigenvalue weighted by atomic mass is 15.4. The van der Waals surface area contributed by atoms with Crippen LogP contribution in [0.5, 0.6) is 0 Å². The standard InChI is InChI=1S/C16H18N6/c1-20-7-9-21(10-8-20)15-11-14(13-5-3-2-4-6-13)19-16-17-12-18-22(15)16/h2-6,11-12H,7-10H2,1H3. The fourth-order valence-electron chi connectivity index (χ4n) is 2.81. The lowest BCUT2D eigenvalue weighted by Crippen LogP contribution is -2.45. The van der Waals surface area contributed by atoms with Crippen LogP contribution in [0.15, 0.2) is 42.7 Å². The molecule has 1 aromatic carbocycles. The maximum atomic E-state index is 4.63. The first-order chi connectivity index (χ1) is 10.8. The highest BCUT2D eigenvalue weighted by Crippen LogP contribution is 2.24. The molecule has 1 fully saturated rings. The number of nitrogens with zero attached hydrogens (tertiary/aromatic N) is 6. The molecule has 0 bridgehead atoms. The Hall–Kier alpha value is -2.47. The van der Waals surface area contributed by atoms with Gasteiger partial charge in [-0.15, -0.1) is 0 Å². The molecule has 1 aliphatic heterocycles. The van der Waals surface area contributed by atoms with Crippen LogP contribution in [-0.2, 0) is 0 Å². The topological polar surface area (TPSA) is 49.6 Å². The van der Waals surface area contributed by atoms with E-state index in [2.05, 4.69) is 50.1 Å². The molecule has 112 valence electrons. The SMILES string of the molecule is CN1CCN(c2cc(-c3ccccc3)nc3ncnn23)CC1. The first-order valence-corrected chi connectivity index (χ1v) is 7.51. The minimum absolute atomic E-state index is 0.648. The maximum Gasteiger partial charge on any atom is 0.254 e. The summed E-state index contributed by atoms with van der Waals surface area (Å²) in [7, 11) is 2.16. The summed E-state index contributed by atoms with van der Waals surface area (Å²) in [6.07, 6.45) is 1.57. The van der Waals surface area contributed by atoms with Crippen LogP contribution in [0, 0.1) is 0 Å². The third-order valence-electron chi connectivity index (χ3n) is 4.13. The number of hydrogen-bond donors (Lipinski definition) is 0. The van der Waals surface area contributed by atoms with E-state index >= 15 is 0 Å². The summed E-state index contributed by atoms with van der Waals surface area (Å²) in [5.41, 5.74) is 2.04. The molecule has 0 atom stereocenters. The molecule has 0 spiro atoms. The van der Waals surface area contributed by atoms with Gasteiger partial charge in [0.1, 0.15) is 12.1 Å². The highest BCUT2D eigenvalue weighted by molar-refractivity contribution is 5.65. The number of likely N-dealkylation sites (N-methyl/N-ethyl adjacent to an activating group) is 1. The average Bonchev–Trinajstić information content (AvgIpc) is 3.04. The van der Waals surface area contributed by atoms with Crippen molar-refractivity contribution in [2.24, 2.45) is 0 Å². The van der Waals surface area contributed by atoms with Gasteiger partial charge in [-0.25, -0.2) is 4.98 Å². The van der Waals surface area contributed by atoms with Gasteiger partial charge in [-0.2, -0.15) is 14.6 Å². The summed E-state index contributed by atoms with van der Waals surface area (Å²) >= 11 is 0. The smallest absolute Gasteiger partial charge is 0.254 e. The Morgan fingerprint density at radius 2 is 1.77 bits per heavy atom.